The molecule has 0 aliphatic heterocycles. The zero-order valence-corrected chi connectivity index (χ0v) is 13.4. The van der Waals surface area contributed by atoms with Gasteiger partial charge in [-0.15, -0.1) is 0 Å². The number of carbonyl (C=O) groups is 2. The van der Waals surface area contributed by atoms with Crippen molar-refractivity contribution < 1.29 is 14.3 Å². The molecule has 5 nitrogen and oxygen atoms in total. The Kier molecular flexibility index (Phi) is 5.76. The van der Waals surface area contributed by atoms with Gasteiger partial charge in [0, 0.05) is 18.7 Å². The summed E-state index contributed by atoms with van der Waals surface area (Å²) in [5.74, 6) is -0.149. The number of carbonyl (C=O) groups excluding carboxylic acids is 2. The summed E-state index contributed by atoms with van der Waals surface area (Å²) in [5, 5.41) is 5.35. The highest BCUT2D eigenvalue weighted by molar-refractivity contribution is 5.94. The van der Waals surface area contributed by atoms with Gasteiger partial charge in [-0.05, 0) is 57.9 Å². The molecule has 0 unspecified atom stereocenters. The van der Waals surface area contributed by atoms with E-state index in [1.165, 1.54) is 0 Å². The molecule has 0 saturated carbocycles. The fraction of sp³-hybridized carbons (Fsp3) is 0.500. The molecule has 1 aromatic carbocycles. The van der Waals surface area contributed by atoms with E-state index in [0.29, 0.717) is 18.7 Å². The van der Waals surface area contributed by atoms with Gasteiger partial charge in [-0.25, -0.2) is 4.79 Å². The molecule has 0 bridgehead atoms. The highest BCUT2D eigenvalue weighted by Crippen LogP contribution is 2.09. The molecule has 2 amide bonds. The summed E-state index contributed by atoms with van der Waals surface area (Å²) in [6, 6.07) is 5.56. The minimum atomic E-state index is -0.521. The van der Waals surface area contributed by atoms with E-state index in [2.05, 4.69) is 10.6 Å². The molecule has 0 heterocycles. The van der Waals surface area contributed by atoms with Crippen molar-refractivity contribution in [1.29, 1.82) is 0 Å². The van der Waals surface area contributed by atoms with Crippen molar-refractivity contribution in [3.8, 4) is 0 Å². The summed E-state index contributed by atoms with van der Waals surface area (Å²) in [6.07, 6.45) is -0.483. The van der Waals surface area contributed by atoms with Crippen LogP contribution in [-0.2, 0) is 4.74 Å². The fourth-order valence-electron chi connectivity index (χ4n) is 1.64. The quantitative estimate of drug-likeness (QED) is 0.838. The first-order valence-corrected chi connectivity index (χ1v) is 7.01. The summed E-state index contributed by atoms with van der Waals surface area (Å²) in [4.78, 5) is 23.3. The number of amides is 2. The maximum atomic E-state index is 11.9. The summed E-state index contributed by atoms with van der Waals surface area (Å²) in [6.45, 7) is 10.0. The third-order valence-electron chi connectivity index (χ3n) is 2.85. The number of rotatable bonds is 4. The van der Waals surface area contributed by atoms with Gasteiger partial charge in [-0.2, -0.15) is 0 Å². The third kappa shape index (κ3) is 6.29. The second-order valence-corrected chi connectivity index (χ2v) is 5.98. The molecule has 0 spiro atoms. The molecule has 0 aromatic heterocycles. The summed E-state index contributed by atoms with van der Waals surface area (Å²) < 4.78 is 5.10. The summed E-state index contributed by atoms with van der Waals surface area (Å²) >= 11 is 0. The lowest BCUT2D eigenvalue weighted by Gasteiger charge is -2.19. The van der Waals surface area contributed by atoms with Crippen LogP contribution >= 0.6 is 0 Å². The Hall–Kier alpha value is -2.04. The van der Waals surface area contributed by atoms with Gasteiger partial charge >= 0.3 is 6.09 Å². The Bertz CT molecular complexity index is 519. The Morgan fingerprint density at radius 1 is 1.05 bits per heavy atom. The molecule has 0 aliphatic carbocycles. The van der Waals surface area contributed by atoms with Crippen LogP contribution in [0.1, 0.15) is 42.3 Å². The monoisotopic (exact) mass is 292 g/mol. The molecule has 2 N–H and O–H groups in total. The van der Waals surface area contributed by atoms with Crippen LogP contribution in [-0.4, -0.2) is 30.7 Å². The largest absolute Gasteiger partial charge is 0.444 e. The van der Waals surface area contributed by atoms with Crippen LogP contribution in [0.4, 0.5) is 4.79 Å². The van der Waals surface area contributed by atoms with Crippen LogP contribution in [0.3, 0.4) is 0 Å². The number of ether oxygens (including phenoxy) is 1. The Morgan fingerprint density at radius 2 is 1.67 bits per heavy atom. The number of alkyl carbamates (subject to hydrolysis) is 1. The SMILES string of the molecule is Cc1ccc(C(=O)NCCNC(=O)OC(C)(C)C)cc1C. The first-order valence-electron chi connectivity index (χ1n) is 7.01. The van der Waals surface area contributed by atoms with Crippen LogP contribution in [0.5, 0.6) is 0 Å². The topological polar surface area (TPSA) is 67.4 Å². The van der Waals surface area contributed by atoms with Crippen LogP contribution in [0.25, 0.3) is 0 Å². The summed E-state index contributed by atoms with van der Waals surface area (Å²) in [7, 11) is 0. The van der Waals surface area contributed by atoms with E-state index in [0.717, 1.165) is 11.1 Å². The highest BCUT2D eigenvalue weighted by Gasteiger charge is 2.15. The van der Waals surface area contributed by atoms with Crippen molar-refractivity contribution in [2.45, 2.75) is 40.2 Å². The van der Waals surface area contributed by atoms with Crippen LogP contribution in [0.15, 0.2) is 18.2 Å². The van der Waals surface area contributed by atoms with Gasteiger partial charge in [0.1, 0.15) is 5.60 Å². The number of nitrogens with one attached hydrogen (secondary N) is 2. The van der Waals surface area contributed by atoms with Gasteiger partial charge in [0.05, 0.1) is 0 Å². The Balaban J connectivity index is 2.34. The van der Waals surface area contributed by atoms with Crippen molar-refractivity contribution in [2.75, 3.05) is 13.1 Å². The van der Waals surface area contributed by atoms with Crippen molar-refractivity contribution in [1.82, 2.24) is 10.6 Å². The maximum Gasteiger partial charge on any atom is 0.407 e. The average Bonchev–Trinajstić information content (AvgIpc) is 2.35. The molecule has 1 aromatic rings. The van der Waals surface area contributed by atoms with E-state index in [1.807, 2.05) is 26.0 Å². The van der Waals surface area contributed by atoms with E-state index in [9.17, 15) is 9.59 Å². The third-order valence-corrected chi connectivity index (χ3v) is 2.85. The lowest BCUT2D eigenvalue weighted by molar-refractivity contribution is 0.0526. The molecule has 1 rings (SSSR count). The van der Waals surface area contributed by atoms with Crippen molar-refractivity contribution >= 4 is 12.0 Å². The normalized spacial score (nSPS) is 10.9. The second kappa shape index (κ2) is 7.11. The highest BCUT2D eigenvalue weighted by atomic mass is 16.6. The fourth-order valence-corrected chi connectivity index (χ4v) is 1.64. The molecule has 21 heavy (non-hydrogen) atoms. The average molecular weight is 292 g/mol. The van der Waals surface area contributed by atoms with Gasteiger partial charge in [-0.1, -0.05) is 6.07 Å². The van der Waals surface area contributed by atoms with E-state index >= 15 is 0 Å². The first-order chi connectivity index (χ1) is 9.69. The standard InChI is InChI=1S/C16H24N2O3/c1-11-6-7-13(10-12(11)2)14(19)17-8-9-18-15(20)21-16(3,4)5/h6-7,10H,8-9H2,1-5H3,(H,17,19)(H,18,20). The van der Waals surface area contributed by atoms with Gasteiger partial charge < -0.3 is 15.4 Å². The molecule has 0 fully saturated rings. The zero-order chi connectivity index (χ0) is 16.0. The van der Waals surface area contributed by atoms with Gasteiger partial charge in [0.25, 0.3) is 5.91 Å². The number of hydrogen-bond donors (Lipinski definition) is 2. The lowest BCUT2D eigenvalue weighted by Crippen LogP contribution is -2.37. The Morgan fingerprint density at radius 3 is 2.24 bits per heavy atom. The Labute approximate surface area is 126 Å². The minimum Gasteiger partial charge on any atom is -0.444 e. The second-order valence-electron chi connectivity index (χ2n) is 5.98. The van der Waals surface area contributed by atoms with Crippen molar-refractivity contribution in [3.63, 3.8) is 0 Å². The van der Waals surface area contributed by atoms with Crippen LogP contribution < -0.4 is 10.6 Å². The van der Waals surface area contributed by atoms with Crippen molar-refractivity contribution in [3.05, 3.63) is 34.9 Å². The predicted molar refractivity (Wildman–Crippen MR) is 82.5 cm³/mol. The van der Waals surface area contributed by atoms with E-state index in [4.69, 9.17) is 4.74 Å². The minimum absolute atomic E-state index is 0.149. The maximum absolute atomic E-state index is 11.9. The van der Waals surface area contributed by atoms with Gasteiger partial charge in [0.15, 0.2) is 0 Å². The molecular weight excluding hydrogens is 268 g/mol. The van der Waals surface area contributed by atoms with Gasteiger partial charge in [-0.3, -0.25) is 4.79 Å². The van der Waals surface area contributed by atoms with Crippen LogP contribution in [0, 0.1) is 13.8 Å². The van der Waals surface area contributed by atoms with E-state index in [1.54, 1.807) is 26.8 Å². The van der Waals surface area contributed by atoms with Gasteiger partial charge in [0.2, 0.25) is 0 Å². The molecule has 0 aliphatic rings. The molecule has 5 heteroatoms. The predicted octanol–water partition coefficient (Wildman–Crippen LogP) is 2.56. The molecule has 0 radical (unpaired) electrons. The van der Waals surface area contributed by atoms with Crippen LogP contribution in [0.2, 0.25) is 0 Å². The zero-order valence-electron chi connectivity index (χ0n) is 13.4. The van der Waals surface area contributed by atoms with Crippen molar-refractivity contribution in [2.24, 2.45) is 0 Å². The number of aryl methyl sites for hydroxylation is 2. The molecule has 0 saturated heterocycles. The van der Waals surface area contributed by atoms with E-state index < -0.39 is 11.7 Å². The lowest BCUT2D eigenvalue weighted by atomic mass is 10.1. The summed E-state index contributed by atoms with van der Waals surface area (Å²) in [5.41, 5.74) is 2.33. The van der Waals surface area contributed by atoms with E-state index in [-0.39, 0.29) is 5.91 Å². The number of hydrogen-bond acceptors (Lipinski definition) is 3. The number of benzene rings is 1. The molecule has 0 atom stereocenters. The molecular formula is C16H24N2O3. The molecule has 116 valence electrons. The first kappa shape index (κ1) is 17.0. The smallest absolute Gasteiger partial charge is 0.407 e.